The second kappa shape index (κ2) is 9.09. The Balaban J connectivity index is 0.00000180. The highest BCUT2D eigenvalue weighted by Gasteiger charge is 2.22. The molecule has 2 rings (SSSR count). The molecule has 1 aromatic rings. The molecule has 0 aromatic heterocycles. The van der Waals surface area contributed by atoms with Crippen LogP contribution >= 0.6 is 24.8 Å². The summed E-state index contributed by atoms with van der Waals surface area (Å²) in [6.07, 6.45) is 0.239. The summed E-state index contributed by atoms with van der Waals surface area (Å²) in [5.74, 6) is -1.19. The van der Waals surface area contributed by atoms with Crippen LogP contribution in [0.3, 0.4) is 0 Å². The van der Waals surface area contributed by atoms with E-state index in [9.17, 15) is 8.78 Å². The SMILES string of the molecule is Cl.Cl.N#CC[C@H](c1cc(F)cc(F)c1)N1CCNCC1. The molecule has 0 aliphatic carbocycles. The molecule has 112 valence electrons. The summed E-state index contributed by atoms with van der Waals surface area (Å²) in [5.41, 5.74) is 0.538. The minimum atomic E-state index is -0.594. The first-order valence-electron chi connectivity index (χ1n) is 5.98. The molecule has 1 aliphatic rings. The van der Waals surface area contributed by atoms with Gasteiger partial charge in [-0.15, -0.1) is 24.8 Å². The van der Waals surface area contributed by atoms with Crippen LogP contribution in [0.15, 0.2) is 18.2 Å². The molecule has 0 radical (unpaired) electrons. The Bertz CT molecular complexity index is 439. The first-order chi connectivity index (χ1) is 8.70. The van der Waals surface area contributed by atoms with Gasteiger partial charge in [-0.25, -0.2) is 8.78 Å². The van der Waals surface area contributed by atoms with Crippen molar-refractivity contribution in [2.75, 3.05) is 26.2 Å². The van der Waals surface area contributed by atoms with E-state index in [2.05, 4.69) is 16.3 Å². The summed E-state index contributed by atoms with van der Waals surface area (Å²) in [6, 6.07) is 5.34. The van der Waals surface area contributed by atoms with E-state index in [-0.39, 0.29) is 37.3 Å². The Morgan fingerprint density at radius 3 is 2.20 bits per heavy atom. The maximum absolute atomic E-state index is 13.2. The van der Waals surface area contributed by atoms with Crippen LogP contribution in [0.1, 0.15) is 18.0 Å². The number of hydrogen-bond acceptors (Lipinski definition) is 3. The summed E-state index contributed by atoms with van der Waals surface area (Å²) in [7, 11) is 0. The van der Waals surface area contributed by atoms with Crippen LogP contribution in [0.25, 0.3) is 0 Å². The molecule has 20 heavy (non-hydrogen) atoms. The van der Waals surface area contributed by atoms with E-state index in [4.69, 9.17) is 5.26 Å². The van der Waals surface area contributed by atoms with Crippen LogP contribution in [0.2, 0.25) is 0 Å². The Morgan fingerprint density at radius 2 is 1.70 bits per heavy atom. The van der Waals surface area contributed by atoms with E-state index in [1.165, 1.54) is 12.1 Å². The van der Waals surface area contributed by atoms with Crippen molar-refractivity contribution in [2.24, 2.45) is 0 Å². The lowest BCUT2D eigenvalue weighted by atomic mass is 10.0. The molecule has 0 bridgehead atoms. The topological polar surface area (TPSA) is 39.1 Å². The molecule has 0 amide bonds. The van der Waals surface area contributed by atoms with Gasteiger partial charge in [0.25, 0.3) is 0 Å². The molecule has 1 fully saturated rings. The van der Waals surface area contributed by atoms with E-state index in [0.29, 0.717) is 5.56 Å². The normalized spacial score (nSPS) is 16.4. The highest BCUT2D eigenvalue weighted by Crippen LogP contribution is 2.25. The van der Waals surface area contributed by atoms with Crippen molar-refractivity contribution in [1.29, 1.82) is 5.26 Å². The molecule has 7 heteroatoms. The van der Waals surface area contributed by atoms with Crippen LogP contribution in [0.4, 0.5) is 8.78 Å². The zero-order valence-corrected chi connectivity index (χ0v) is 12.4. The van der Waals surface area contributed by atoms with Gasteiger partial charge < -0.3 is 5.32 Å². The van der Waals surface area contributed by atoms with Gasteiger partial charge in [-0.1, -0.05) is 0 Å². The summed E-state index contributed by atoms with van der Waals surface area (Å²) in [4.78, 5) is 2.09. The second-order valence-electron chi connectivity index (χ2n) is 4.37. The van der Waals surface area contributed by atoms with Crippen molar-refractivity contribution < 1.29 is 8.78 Å². The third-order valence-corrected chi connectivity index (χ3v) is 3.15. The average molecular weight is 324 g/mol. The molecule has 0 unspecified atom stereocenters. The molecule has 1 atom stereocenters. The highest BCUT2D eigenvalue weighted by atomic mass is 35.5. The summed E-state index contributed by atoms with van der Waals surface area (Å²) >= 11 is 0. The molecule has 1 heterocycles. The van der Waals surface area contributed by atoms with Crippen molar-refractivity contribution in [3.05, 3.63) is 35.4 Å². The summed E-state index contributed by atoms with van der Waals surface area (Å²) < 4.78 is 26.5. The summed E-state index contributed by atoms with van der Waals surface area (Å²) in [6.45, 7) is 3.23. The first kappa shape index (κ1) is 19.1. The monoisotopic (exact) mass is 323 g/mol. The van der Waals surface area contributed by atoms with Crippen molar-refractivity contribution >= 4 is 24.8 Å². The number of piperazine rings is 1. The van der Waals surface area contributed by atoms with Gasteiger partial charge in [0, 0.05) is 38.3 Å². The van der Waals surface area contributed by atoms with E-state index in [1.807, 2.05) is 0 Å². The van der Waals surface area contributed by atoms with Crippen LogP contribution in [0.5, 0.6) is 0 Å². The van der Waals surface area contributed by atoms with Gasteiger partial charge in [-0.05, 0) is 17.7 Å². The fourth-order valence-electron chi connectivity index (χ4n) is 2.31. The van der Waals surface area contributed by atoms with Gasteiger partial charge >= 0.3 is 0 Å². The van der Waals surface area contributed by atoms with E-state index < -0.39 is 11.6 Å². The minimum Gasteiger partial charge on any atom is -0.314 e. The quantitative estimate of drug-likeness (QED) is 0.929. The maximum atomic E-state index is 13.2. The average Bonchev–Trinajstić information content (AvgIpc) is 2.36. The third kappa shape index (κ3) is 4.88. The largest absolute Gasteiger partial charge is 0.314 e. The number of rotatable bonds is 3. The molecule has 1 N–H and O–H groups in total. The molecule has 0 spiro atoms. The van der Waals surface area contributed by atoms with E-state index in [0.717, 1.165) is 32.2 Å². The van der Waals surface area contributed by atoms with E-state index in [1.54, 1.807) is 0 Å². The standard InChI is InChI=1S/C13H15F2N3.2ClH/c14-11-7-10(8-12(15)9-11)13(1-2-16)18-5-3-17-4-6-18;;/h7-9,13,17H,1,3-6H2;2*1H/t13-;;/m1../s1. The van der Waals surface area contributed by atoms with Crippen LogP contribution < -0.4 is 5.32 Å². The Labute approximate surface area is 129 Å². The number of hydrogen-bond donors (Lipinski definition) is 1. The minimum absolute atomic E-state index is 0. The number of nitriles is 1. The predicted molar refractivity (Wildman–Crippen MR) is 78.3 cm³/mol. The molecule has 0 saturated carbocycles. The van der Waals surface area contributed by atoms with Crippen molar-refractivity contribution in [2.45, 2.75) is 12.5 Å². The zero-order valence-electron chi connectivity index (χ0n) is 10.8. The van der Waals surface area contributed by atoms with Crippen LogP contribution in [-0.4, -0.2) is 31.1 Å². The lowest BCUT2D eigenvalue weighted by molar-refractivity contribution is 0.175. The van der Waals surface area contributed by atoms with E-state index >= 15 is 0 Å². The zero-order chi connectivity index (χ0) is 13.0. The Hall–Kier alpha value is -0.930. The molecular weight excluding hydrogens is 307 g/mol. The van der Waals surface area contributed by atoms with Crippen LogP contribution in [-0.2, 0) is 0 Å². The van der Waals surface area contributed by atoms with Gasteiger partial charge in [0.1, 0.15) is 11.6 Å². The highest BCUT2D eigenvalue weighted by molar-refractivity contribution is 5.85. The third-order valence-electron chi connectivity index (χ3n) is 3.15. The maximum Gasteiger partial charge on any atom is 0.126 e. The number of benzene rings is 1. The molecule has 1 aromatic carbocycles. The van der Waals surface area contributed by atoms with Gasteiger partial charge in [0.2, 0.25) is 0 Å². The Kier molecular flexibility index (Phi) is 8.67. The fourth-order valence-corrected chi connectivity index (χ4v) is 2.31. The fraction of sp³-hybridized carbons (Fsp3) is 0.462. The van der Waals surface area contributed by atoms with Crippen molar-refractivity contribution in [1.82, 2.24) is 10.2 Å². The van der Waals surface area contributed by atoms with Gasteiger partial charge in [-0.3, -0.25) is 4.90 Å². The molecule has 3 nitrogen and oxygen atoms in total. The number of nitrogens with zero attached hydrogens (tertiary/aromatic N) is 2. The van der Waals surface area contributed by atoms with Crippen molar-refractivity contribution in [3.8, 4) is 6.07 Å². The molecule has 1 aliphatic heterocycles. The lowest BCUT2D eigenvalue weighted by Gasteiger charge is -2.34. The second-order valence-corrected chi connectivity index (χ2v) is 4.37. The predicted octanol–water partition coefficient (Wildman–Crippen LogP) is 2.67. The first-order valence-corrected chi connectivity index (χ1v) is 5.98. The Morgan fingerprint density at radius 1 is 1.15 bits per heavy atom. The van der Waals surface area contributed by atoms with Gasteiger partial charge in [-0.2, -0.15) is 5.26 Å². The van der Waals surface area contributed by atoms with Gasteiger partial charge in [0.05, 0.1) is 12.5 Å². The van der Waals surface area contributed by atoms with Crippen molar-refractivity contribution in [3.63, 3.8) is 0 Å². The molecular formula is C13H17Cl2F2N3. The van der Waals surface area contributed by atoms with Gasteiger partial charge in [0.15, 0.2) is 0 Å². The smallest absolute Gasteiger partial charge is 0.126 e. The number of nitrogens with one attached hydrogen (secondary N) is 1. The molecule has 1 saturated heterocycles. The number of halogens is 4. The van der Waals surface area contributed by atoms with Crippen LogP contribution in [0, 0.1) is 23.0 Å². The summed E-state index contributed by atoms with van der Waals surface area (Å²) in [5, 5.41) is 12.1. The lowest BCUT2D eigenvalue weighted by Crippen LogP contribution is -2.45.